The second kappa shape index (κ2) is 11.1. The molecule has 0 bridgehead atoms. The van der Waals surface area contributed by atoms with Gasteiger partial charge in [-0.15, -0.1) is 0 Å². The van der Waals surface area contributed by atoms with E-state index < -0.39 is 12.1 Å². The first-order chi connectivity index (χ1) is 20.3. The third-order valence-corrected chi connectivity index (χ3v) is 6.54. The topological polar surface area (TPSA) is 99.7 Å². The minimum absolute atomic E-state index is 0.0539. The molecular weight excluding hydrogens is 543 g/mol. The lowest BCUT2D eigenvalue weighted by atomic mass is 10.0. The van der Waals surface area contributed by atoms with E-state index in [-0.39, 0.29) is 11.9 Å². The average Bonchev–Trinajstić information content (AvgIpc) is 3.46. The minimum Gasteiger partial charge on any atom is -0.307 e. The number of carbonyl (C=O) groups is 1. The van der Waals surface area contributed by atoms with E-state index in [9.17, 15) is 18.0 Å². The Morgan fingerprint density at radius 3 is 2.57 bits per heavy atom. The molecule has 0 saturated carbocycles. The highest BCUT2D eigenvalue weighted by atomic mass is 19.4. The molecule has 11 heteroatoms. The van der Waals surface area contributed by atoms with Crippen molar-refractivity contribution in [3.8, 4) is 0 Å². The number of rotatable bonds is 7. The Kier molecular flexibility index (Phi) is 7.05. The monoisotopic (exact) mass is 565 g/mol. The predicted octanol–water partition coefficient (Wildman–Crippen LogP) is 7.02. The lowest BCUT2D eigenvalue weighted by Crippen LogP contribution is -2.15. The smallest absolute Gasteiger partial charge is 0.307 e. The Morgan fingerprint density at radius 2 is 1.74 bits per heavy atom. The van der Waals surface area contributed by atoms with Crippen LogP contribution in [0.1, 0.15) is 11.1 Å². The molecular formula is C31H22F3N7O. The highest BCUT2D eigenvalue weighted by Gasteiger charge is 2.23. The van der Waals surface area contributed by atoms with Crippen molar-refractivity contribution >= 4 is 50.7 Å². The molecule has 42 heavy (non-hydrogen) atoms. The summed E-state index contributed by atoms with van der Waals surface area (Å²) >= 11 is 0. The lowest BCUT2D eigenvalue weighted by Gasteiger charge is -2.27. The van der Waals surface area contributed by atoms with Crippen LogP contribution >= 0.6 is 0 Å². The third-order valence-electron chi connectivity index (χ3n) is 6.54. The van der Waals surface area contributed by atoms with E-state index in [4.69, 9.17) is 0 Å². The van der Waals surface area contributed by atoms with Gasteiger partial charge in [-0.25, -0.2) is 15.0 Å². The number of aromatic nitrogens is 5. The first-order valence-electron chi connectivity index (χ1n) is 12.9. The van der Waals surface area contributed by atoms with E-state index in [0.29, 0.717) is 29.2 Å². The van der Waals surface area contributed by atoms with Gasteiger partial charge >= 0.3 is 6.18 Å². The van der Waals surface area contributed by atoms with E-state index in [1.807, 2.05) is 59.5 Å². The maximum atomic E-state index is 12.6. The van der Waals surface area contributed by atoms with Crippen LogP contribution in [0, 0.1) is 0 Å². The SMILES string of the molecule is O=C(C=CC(F)(F)F)Nc1cc2c(N(c3ccc4[nH]ncc4c3)c3ccccc3Cc3ccccc3)ncnc2cn1. The minimum atomic E-state index is -4.61. The maximum absolute atomic E-state index is 12.6. The molecule has 3 aromatic carbocycles. The number of fused-ring (bicyclic) bond motifs is 2. The van der Waals surface area contributed by atoms with Gasteiger partial charge in [0.05, 0.1) is 29.1 Å². The Morgan fingerprint density at radius 1 is 0.929 bits per heavy atom. The molecule has 2 N–H and O–H groups in total. The molecule has 0 unspecified atom stereocenters. The number of hydrogen-bond acceptors (Lipinski definition) is 6. The zero-order valence-electron chi connectivity index (χ0n) is 21.9. The van der Waals surface area contributed by atoms with Gasteiger partial charge in [0, 0.05) is 28.6 Å². The van der Waals surface area contributed by atoms with Crippen LogP contribution in [-0.4, -0.2) is 37.2 Å². The van der Waals surface area contributed by atoms with Gasteiger partial charge in [0.25, 0.3) is 0 Å². The molecule has 208 valence electrons. The second-order valence-electron chi connectivity index (χ2n) is 9.42. The Labute approximate surface area is 237 Å². The molecule has 0 fully saturated rings. The van der Waals surface area contributed by atoms with Crippen molar-refractivity contribution in [3.05, 3.63) is 121 Å². The van der Waals surface area contributed by atoms with Gasteiger partial charge in [-0.1, -0.05) is 48.5 Å². The molecule has 1 amide bonds. The van der Waals surface area contributed by atoms with Crippen LogP contribution in [-0.2, 0) is 11.2 Å². The van der Waals surface area contributed by atoms with E-state index in [2.05, 4.69) is 48.7 Å². The molecule has 3 aromatic heterocycles. The number of nitrogens with zero attached hydrogens (tertiary/aromatic N) is 5. The number of para-hydroxylation sites is 1. The first-order valence-corrected chi connectivity index (χ1v) is 12.9. The van der Waals surface area contributed by atoms with Gasteiger partial charge < -0.3 is 5.32 Å². The number of alkyl halides is 3. The van der Waals surface area contributed by atoms with Crippen molar-refractivity contribution in [2.24, 2.45) is 0 Å². The zero-order valence-corrected chi connectivity index (χ0v) is 21.9. The summed E-state index contributed by atoms with van der Waals surface area (Å²) in [7, 11) is 0. The Bertz CT molecular complexity index is 1920. The average molecular weight is 566 g/mol. The number of anilines is 4. The molecule has 0 atom stereocenters. The predicted molar refractivity (Wildman–Crippen MR) is 155 cm³/mol. The molecule has 0 aliphatic rings. The fourth-order valence-corrected chi connectivity index (χ4v) is 4.67. The third kappa shape index (κ3) is 5.80. The van der Waals surface area contributed by atoms with E-state index in [1.165, 1.54) is 12.5 Å². The molecule has 6 rings (SSSR count). The molecule has 8 nitrogen and oxygen atoms in total. The van der Waals surface area contributed by atoms with Gasteiger partial charge in [0.1, 0.15) is 18.0 Å². The van der Waals surface area contributed by atoms with E-state index >= 15 is 0 Å². The van der Waals surface area contributed by atoms with Crippen molar-refractivity contribution in [1.29, 1.82) is 0 Å². The number of allylic oxidation sites excluding steroid dienone is 1. The molecule has 3 heterocycles. The van der Waals surface area contributed by atoms with Crippen molar-refractivity contribution in [1.82, 2.24) is 25.1 Å². The largest absolute Gasteiger partial charge is 0.409 e. The van der Waals surface area contributed by atoms with Gasteiger partial charge in [0.15, 0.2) is 0 Å². The summed E-state index contributed by atoms with van der Waals surface area (Å²) in [4.78, 5) is 27.3. The number of amides is 1. The standard InChI is InChI=1S/C31H22F3N7O/c32-31(33,34)13-12-29(42)39-28-16-24-26(18-35-28)36-19-37-30(24)41(23-10-11-25-22(15-23)17-38-40-25)27-9-5-4-8-21(27)14-20-6-2-1-3-7-20/h1-13,15-19H,14H2,(H,38,40)(H,35,39,42). The van der Waals surface area contributed by atoms with Crippen LogP contribution < -0.4 is 10.2 Å². The molecule has 0 aliphatic heterocycles. The van der Waals surface area contributed by atoms with E-state index in [0.717, 1.165) is 33.4 Å². The summed E-state index contributed by atoms with van der Waals surface area (Å²) in [5.74, 6) is -0.418. The quantitative estimate of drug-likeness (QED) is 0.202. The number of pyridine rings is 1. The molecule has 6 aromatic rings. The highest BCUT2D eigenvalue weighted by molar-refractivity contribution is 6.02. The van der Waals surface area contributed by atoms with Gasteiger partial charge in [-0.2, -0.15) is 18.3 Å². The summed E-state index contributed by atoms with van der Waals surface area (Å²) < 4.78 is 37.7. The number of carbonyl (C=O) groups excluding carboxylic acids is 1. The Hall–Kier alpha value is -5.58. The number of nitrogens with one attached hydrogen (secondary N) is 2. The van der Waals surface area contributed by atoms with Crippen molar-refractivity contribution < 1.29 is 18.0 Å². The van der Waals surface area contributed by atoms with Crippen LogP contribution in [0.25, 0.3) is 21.8 Å². The summed E-state index contributed by atoms with van der Waals surface area (Å²) in [6.45, 7) is 0. The fraction of sp³-hybridized carbons (Fsp3) is 0.0645. The van der Waals surface area contributed by atoms with Gasteiger partial charge in [0.2, 0.25) is 5.91 Å². The first kappa shape index (κ1) is 26.6. The molecule has 0 saturated heterocycles. The summed E-state index contributed by atoms with van der Waals surface area (Å²) in [5.41, 5.74) is 5.16. The number of benzene rings is 3. The number of halogens is 3. The highest BCUT2D eigenvalue weighted by Crippen LogP contribution is 2.40. The van der Waals surface area contributed by atoms with Crippen LogP contribution in [0.5, 0.6) is 0 Å². The maximum Gasteiger partial charge on any atom is 0.409 e. The molecule has 0 spiro atoms. The molecule has 0 radical (unpaired) electrons. The zero-order chi connectivity index (χ0) is 29.1. The van der Waals surface area contributed by atoms with Crippen molar-refractivity contribution in [2.75, 3.05) is 10.2 Å². The number of hydrogen-bond donors (Lipinski definition) is 2. The second-order valence-corrected chi connectivity index (χ2v) is 9.42. The van der Waals surface area contributed by atoms with Crippen molar-refractivity contribution in [3.63, 3.8) is 0 Å². The molecule has 0 aliphatic carbocycles. The Balaban J connectivity index is 1.50. The van der Waals surface area contributed by atoms with Crippen LogP contribution in [0.3, 0.4) is 0 Å². The van der Waals surface area contributed by atoms with Gasteiger partial charge in [-0.05, 0) is 47.9 Å². The number of aromatic amines is 1. The lowest BCUT2D eigenvalue weighted by molar-refractivity contribution is -0.112. The fourth-order valence-electron chi connectivity index (χ4n) is 4.67. The number of H-pyrrole nitrogens is 1. The van der Waals surface area contributed by atoms with Crippen LogP contribution in [0.2, 0.25) is 0 Å². The van der Waals surface area contributed by atoms with Crippen molar-refractivity contribution in [2.45, 2.75) is 12.6 Å². The summed E-state index contributed by atoms with van der Waals surface area (Å²) in [6, 6.07) is 25.4. The van der Waals surface area contributed by atoms with Gasteiger partial charge in [-0.3, -0.25) is 14.8 Å². The normalized spacial score (nSPS) is 11.8. The van der Waals surface area contributed by atoms with E-state index in [1.54, 1.807) is 12.3 Å². The van der Waals surface area contributed by atoms with Crippen LogP contribution in [0.15, 0.2) is 110 Å². The van der Waals surface area contributed by atoms with Crippen LogP contribution in [0.4, 0.5) is 36.2 Å². The summed E-state index contributed by atoms with van der Waals surface area (Å²) in [5, 5.41) is 10.9. The summed E-state index contributed by atoms with van der Waals surface area (Å²) in [6.07, 6.45) is 0.925.